The molecule has 1 aromatic heterocycles. The van der Waals surface area contributed by atoms with Crippen LogP contribution in [-0.2, 0) is 11.3 Å². The molecular formula is C16H31N3O. The molecule has 0 bridgehead atoms. The monoisotopic (exact) mass is 281 g/mol. The van der Waals surface area contributed by atoms with Gasteiger partial charge in [0.2, 0.25) is 0 Å². The van der Waals surface area contributed by atoms with Gasteiger partial charge in [-0.15, -0.1) is 0 Å². The highest BCUT2D eigenvalue weighted by Crippen LogP contribution is 2.21. The smallest absolute Gasteiger partial charge is 0.0669 e. The fourth-order valence-corrected chi connectivity index (χ4v) is 2.46. The van der Waals surface area contributed by atoms with Crippen molar-refractivity contribution in [2.75, 3.05) is 13.2 Å². The Labute approximate surface area is 123 Å². The maximum Gasteiger partial charge on any atom is 0.0669 e. The zero-order chi connectivity index (χ0) is 15.3. The van der Waals surface area contributed by atoms with E-state index in [0.29, 0.717) is 12.6 Å². The Kier molecular flexibility index (Phi) is 6.21. The zero-order valence-electron chi connectivity index (χ0n) is 14.2. The lowest BCUT2D eigenvalue weighted by Gasteiger charge is -2.19. The quantitative estimate of drug-likeness (QED) is 0.833. The van der Waals surface area contributed by atoms with Gasteiger partial charge in [-0.05, 0) is 54.5 Å². The molecule has 0 aliphatic heterocycles. The van der Waals surface area contributed by atoms with Gasteiger partial charge in [0.25, 0.3) is 0 Å². The summed E-state index contributed by atoms with van der Waals surface area (Å²) in [5.74, 6) is 0. The molecule has 0 aromatic carbocycles. The highest BCUT2D eigenvalue weighted by atomic mass is 16.5. The molecule has 1 N–H and O–H groups in total. The fraction of sp³-hybridized carbons (Fsp3) is 0.812. The second-order valence-corrected chi connectivity index (χ2v) is 6.44. The topological polar surface area (TPSA) is 39.1 Å². The molecule has 0 saturated carbocycles. The van der Waals surface area contributed by atoms with Crippen molar-refractivity contribution in [3.8, 4) is 0 Å². The van der Waals surface area contributed by atoms with E-state index >= 15 is 0 Å². The number of rotatable bonds is 7. The van der Waals surface area contributed by atoms with Gasteiger partial charge in [0, 0.05) is 17.3 Å². The molecule has 0 radical (unpaired) electrons. The molecule has 1 aromatic rings. The predicted octanol–water partition coefficient (Wildman–Crippen LogP) is 3.38. The Hall–Kier alpha value is -0.870. The Morgan fingerprint density at radius 3 is 2.50 bits per heavy atom. The Morgan fingerprint density at radius 1 is 1.30 bits per heavy atom. The van der Waals surface area contributed by atoms with Crippen molar-refractivity contribution in [2.24, 2.45) is 0 Å². The largest absolute Gasteiger partial charge is 0.374 e. The molecule has 0 spiro atoms. The molecule has 0 amide bonds. The maximum absolute atomic E-state index is 5.79. The van der Waals surface area contributed by atoms with Crippen LogP contribution in [0.5, 0.6) is 0 Å². The van der Waals surface area contributed by atoms with E-state index in [1.165, 1.54) is 11.3 Å². The van der Waals surface area contributed by atoms with Gasteiger partial charge in [-0.25, -0.2) is 0 Å². The third-order valence-corrected chi connectivity index (χ3v) is 3.41. The van der Waals surface area contributed by atoms with Gasteiger partial charge in [-0.1, -0.05) is 6.92 Å². The fourth-order valence-electron chi connectivity index (χ4n) is 2.46. The van der Waals surface area contributed by atoms with E-state index in [0.717, 1.165) is 25.2 Å². The molecule has 1 unspecified atom stereocenters. The van der Waals surface area contributed by atoms with Crippen LogP contribution >= 0.6 is 0 Å². The van der Waals surface area contributed by atoms with Crippen LogP contribution < -0.4 is 5.32 Å². The van der Waals surface area contributed by atoms with Crippen LogP contribution in [0, 0.1) is 13.8 Å². The number of hydrogen-bond donors (Lipinski definition) is 1. The second kappa shape index (κ2) is 7.23. The lowest BCUT2D eigenvalue weighted by molar-refractivity contribution is -0.00811. The van der Waals surface area contributed by atoms with Gasteiger partial charge in [0.1, 0.15) is 0 Å². The highest BCUT2D eigenvalue weighted by molar-refractivity contribution is 5.27. The Bertz CT molecular complexity index is 418. The van der Waals surface area contributed by atoms with E-state index in [1.54, 1.807) is 0 Å². The van der Waals surface area contributed by atoms with Crippen molar-refractivity contribution < 1.29 is 4.74 Å². The molecule has 0 saturated heterocycles. The van der Waals surface area contributed by atoms with E-state index in [2.05, 4.69) is 63.6 Å². The molecule has 1 atom stereocenters. The maximum atomic E-state index is 5.79. The van der Waals surface area contributed by atoms with Crippen LogP contribution in [0.4, 0.5) is 0 Å². The van der Waals surface area contributed by atoms with Crippen LogP contribution in [0.1, 0.15) is 64.0 Å². The van der Waals surface area contributed by atoms with Crippen LogP contribution in [0.3, 0.4) is 0 Å². The average molecular weight is 281 g/mol. The van der Waals surface area contributed by atoms with E-state index in [1.807, 2.05) is 0 Å². The van der Waals surface area contributed by atoms with Gasteiger partial charge in [-0.2, -0.15) is 5.10 Å². The molecule has 0 fully saturated rings. The van der Waals surface area contributed by atoms with Crippen molar-refractivity contribution in [1.82, 2.24) is 15.1 Å². The number of nitrogens with zero attached hydrogens (tertiary/aromatic N) is 2. The van der Waals surface area contributed by atoms with E-state index < -0.39 is 0 Å². The van der Waals surface area contributed by atoms with Crippen molar-refractivity contribution in [3.63, 3.8) is 0 Å². The lowest BCUT2D eigenvalue weighted by Crippen LogP contribution is -2.23. The van der Waals surface area contributed by atoms with Gasteiger partial charge >= 0.3 is 0 Å². The van der Waals surface area contributed by atoms with Crippen molar-refractivity contribution in [3.05, 3.63) is 17.0 Å². The summed E-state index contributed by atoms with van der Waals surface area (Å²) in [5.41, 5.74) is 3.61. The molecule has 20 heavy (non-hydrogen) atoms. The summed E-state index contributed by atoms with van der Waals surface area (Å²) in [4.78, 5) is 0. The van der Waals surface area contributed by atoms with E-state index in [-0.39, 0.29) is 5.60 Å². The SMILES string of the molecule is CCCNC(C)c1c(C)nn(CCOC(C)(C)C)c1C. The first kappa shape index (κ1) is 17.2. The summed E-state index contributed by atoms with van der Waals surface area (Å²) >= 11 is 0. The summed E-state index contributed by atoms with van der Waals surface area (Å²) in [7, 11) is 0. The predicted molar refractivity (Wildman–Crippen MR) is 84.1 cm³/mol. The third-order valence-electron chi connectivity index (χ3n) is 3.41. The van der Waals surface area contributed by atoms with Crippen LogP contribution in [-0.4, -0.2) is 28.5 Å². The van der Waals surface area contributed by atoms with Crippen molar-refractivity contribution in [2.45, 2.75) is 73.1 Å². The first-order chi connectivity index (χ1) is 9.26. The number of nitrogens with one attached hydrogen (secondary N) is 1. The number of aromatic nitrogens is 2. The van der Waals surface area contributed by atoms with Crippen LogP contribution in [0.25, 0.3) is 0 Å². The Balaban J connectivity index is 2.71. The van der Waals surface area contributed by atoms with Crippen molar-refractivity contribution in [1.29, 1.82) is 0 Å². The van der Waals surface area contributed by atoms with Crippen molar-refractivity contribution >= 4 is 0 Å². The normalized spacial score (nSPS) is 13.8. The van der Waals surface area contributed by atoms with Crippen LogP contribution in [0.2, 0.25) is 0 Å². The molecule has 1 heterocycles. The summed E-state index contributed by atoms with van der Waals surface area (Å²) in [6.07, 6.45) is 1.15. The first-order valence-electron chi connectivity index (χ1n) is 7.67. The third kappa shape index (κ3) is 4.91. The number of ether oxygens (including phenoxy) is 1. The standard InChI is InChI=1S/C16H31N3O/c1-8-9-17-12(2)15-13(3)18-19(14(15)4)10-11-20-16(5,6)7/h12,17H,8-11H2,1-7H3. The van der Waals surface area contributed by atoms with Crippen LogP contribution in [0.15, 0.2) is 0 Å². The van der Waals surface area contributed by atoms with Gasteiger partial charge in [-0.3, -0.25) is 4.68 Å². The minimum Gasteiger partial charge on any atom is -0.374 e. The first-order valence-corrected chi connectivity index (χ1v) is 7.67. The number of aryl methyl sites for hydroxylation is 1. The molecular weight excluding hydrogens is 250 g/mol. The average Bonchev–Trinajstić information content (AvgIpc) is 2.60. The number of hydrogen-bond acceptors (Lipinski definition) is 3. The van der Waals surface area contributed by atoms with Gasteiger partial charge < -0.3 is 10.1 Å². The molecule has 1 rings (SSSR count). The molecule has 4 nitrogen and oxygen atoms in total. The lowest BCUT2D eigenvalue weighted by atomic mass is 10.1. The molecule has 4 heteroatoms. The Morgan fingerprint density at radius 2 is 1.95 bits per heavy atom. The zero-order valence-corrected chi connectivity index (χ0v) is 14.2. The molecule has 0 aliphatic rings. The highest BCUT2D eigenvalue weighted by Gasteiger charge is 2.17. The van der Waals surface area contributed by atoms with Gasteiger partial charge in [0.05, 0.1) is 24.4 Å². The van der Waals surface area contributed by atoms with E-state index in [9.17, 15) is 0 Å². The summed E-state index contributed by atoms with van der Waals surface area (Å²) in [6, 6.07) is 0.354. The molecule has 0 aliphatic carbocycles. The summed E-state index contributed by atoms with van der Waals surface area (Å²) < 4.78 is 7.86. The minimum atomic E-state index is -0.0884. The van der Waals surface area contributed by atoms with Gasteiger partial charge in [0.15, 0.2) is 0 Å². The second-order valence-electron chi connectivity index (χ2n) is 6.44. The summed E-state index contributed by atoms with van der Waals surface area (Å²) in [6.45, 7) is 17.4. The van der Waals surface area contributed by atoms with E-state index in [4.69, 9.17) is 4.74 Å². The molecule has 116 valence electrons. The minimum absolute atomic E-state index is 0.0884. The summed E-state index contributed by atoms with van der Waals surface area (Å²) in [5, 5.41) is 8.19.